The van der Waals surface area contributed by atoms with Crippen LogP contribution in [0.1, 0.15) is 6.92 Å². The Morgan fingerprint density at radius 1 is 1.57 bits per heavy atom. The molecule has 7 nitrogen and oxygen atoms in total. The second-order valence-corrected chi connectivity index (χ2v) is 3.62. The van der Waals surface area contributed by atoms with Gasteiger partial charge in [-0.3, -0.25) is 14.1 Å². The van der Waals surface area contributed by atoms with E-state index in [4.69, 9.17) is 22.6 Å². The molecule has 84 valence electrons. The van der Waals surface area contributed by atoms with Gasteiger partial charge in [0.15, 0.2) is 0 Å². The van der Waals surface area contributed by atoms with Gasteiger partial charge >= 0.3 is 10.4 Å². The first-order chi connectivity index (χ1) is 6.34. The molecule has 0 saturated carbocycles. The van der Waals surface area contributed by atoms with E-state index >= 15 is 0 Å². The van der Waals surface area contributed by atoms with Crippen LogP contribution < -0.4 is 5.32 Å². The van der Waals surface area contributed by atoms with Gasteiger partial charge in [-0.1, -0.05) is 6.92 Å². The lowest BCUT2D eigenvalue weighted by molar-refractivity contribution is 0.268. The van der Waals surface area contributed by atoms with Gasteiger partial charge in [-0.25, -0.2) is 0 Å². The lowest BCUT2D eigenvalue weighted by Crippen LogP contribution is -2.27. The van der Waals surface area contributed by atoms with Crippen molar-refractivity contribution in [2.45, 2.75) is 6.92 Å². The number of aliphatic hydroxyl groups excluding tert-OH is 1. The molecule has 1 atom stereocenters. The molecule has 0 radical (unpaired) electrons. The second-order valence-electron chi connectivity index (χ2n) is 2.73. The van der Waals surface area contributed by atoms with Crippen molar-refractivity contribution < 1.29 is 22.6 Å². The lowest BCUT2D eigenvalue weighted by Gasteiger charge is -2.06. The number of hydrogen-bond acceptors (Lipinski definition) is 5. The van der Waals surface area contributed by atoms with Gasteiger partial charge in [0, 0.05) is 12.5 Å². The quantitative estimate of drug-likeness (QED) is 0.447. The van der Waals surface area contributed by atoms with E-state index in [1.807, 2.05) is 6.92 Å². The Kier molecular flexibility index (Phi) is 5.62. The first kappa shape index (κ1) is 13.3. The molecule has 0 amide bonds. The van der Waals surface area contributed by atoms with Crippen LogP contribution in [-0.4, -0.2) is 48.2 Å². The SMILES string of the molecule is CC(CO)C1=NCCN1.O=S(=O)(O)O. The van der Waals surface area contributed by atoms with E-state index in [-0.39, 0.29) is 12.5 Å². The predicted molar refractivity (Wildman–Crippen MR) is 50.7 cm³/mol. The highest BCUT2D eigenvalue weighted by atomic mass is 32.3. The predicted octanol–water partition coefficient (Wildman–Crippen LogP) is -1.04. The molecule has 1 heterocycles. The number of nitrogens with zero attached hydrogens (tertiary/aromatic N) is 1. The molecular weight excluding hydrogens is 212 g/mol. The Morgan fingerprint density at radius 3 is 2.36 bits per heavy atom. The molecule has 0 aromatic carbocycles. The number of amidine groups is 1. The van der Waals surface area contributed by atoms with Gasteiger partial charge in [-0.15, -0.1) is 0 Å². The fraction of sp³-hybridized carbons (Fsp3) is 0.833. The summed E-state index contributed by atoms with van der Waals surface area (Å²) in [6.07, 6.45) is 0. The van der Waals surface area contributed by atoms with Crippen LogP contribution in [0.4, 0.5) is 0 Å². The third-order valence-corrected chi connectivity index (χ3v) is 1.44. The Labute approximate surface area is 82.4 Å². The van der Waals surface area contributed by atoms with Crippen molar-refractivity contribution in [1.29, 1.82) is 0 Å². The number of aliphatic imine (C=N–C) groups is 1. The first-order valence-corrected chi connectivity index (χ1v) is 5.33. The molecule has 0 saturated heterocycles. The Bertz CT molecular complexity index is 279. The molecule has 1 aliphatic heterocycles. The summed E-state index contributed by atoms with van der Waals surface area (Å²) >= 11 is 0. The van der Waals surface area contributed by atoms with Gasteiger partial charge in [0.05, 0.1) is 13.2 Å². The summed E-state index contributed by atoms with van der Waals surface area (Å²) in [7, 11) is -4.67. The summed E-state index contributed by atoms with van der Waals surface area (Å²) in [6.45, 7) is 3.93. The van der Waals surface area contributed by atoms with E-state index in [2.05, 4.69) is 10.3 Å². The van der Waals surface area contributed by atoms with E-state index in [0.29, 0.717) is 0 Å². The van der Waals surface area contributed by atoms with Gasteiger partial charge < -0.3 is 10.4 Å². The standard InChI is InChI=1S/C6H12N2O.H2O4S/c1-5(4-9)6-7-2-3-8-6;1-5(2,3)4/h5,9H,2-4H2,1H3,(H,7,8);(H2,1,2,3,4). The number of hydrogen-bond donors (Lipinski definition) is 4. The summed E-state index contributed by atoms with van der Waals surface area (Å²) in [5.74, 6) is 1.14. The van der Waals surface area contributed by atoms with Gasteiger partial charge in [-0.05, 0) is 0 Å². The van der Waals surface area contributed by atoms with Crippen molar-refractivity contribution >= 4 is 16.2 Å². The largest absolute Gasteiger partial charge is 0.396 e. The molecule has 0 aliphatic carbocycles. The normalized spacial score (nSPS) is 17.6. The van der Waals surface area contributed by atoms with Crippen molar-refractivity contribution in [3.05, 3.63) is 0 Å². The Morgan fingerprint density at radius 2 is 2.07 bits per heavy atom. The average molecular weight is 226 g/mol. The third kappa shape index (κ3) is 7.92. The fourth-order valence-electron chi connectivity index (χ4n) is 0.833. The number of rotatable bonds is 2. The lowest BCUT2D eigenvalue weighted by atomic mass is 10.2. The van der Waals surface area contributed by atoms with Crippen LogP contribution in [0, 0.1) is 5.92 Å². The summed E-state index contributed by atoms with van der Waals surface area (Å²) in [5, 5.41) is 11.8. The van der Waals surface area contributed by atoms with Crippen LogP contribution in [0.5, 0.6) is 0 Å². The van der Waals surface area contributed by atoms with Crippen LogP contribution in [0.2, 0.25) is 0 Å². The smallest absolute Gasteiger partial charge is 0.394 e. The van der Waals surface area contributed by atoms with Gasteiger partial charge in [0.25, 0.3) is 0 Å². The maximum atomic E-state index is 8.74. The zero-order valence-corrected chi connectivity index (χ0v) is 8.53. The summed E-state index contributed by atoms with van der Waals surface area (Å²) in [5.41, 5.74) is 0. The van der Waals surface area contributed by atoms with E-state index in [9.17, 15) is 0 Å². The first-order valence-electron chi connectivity index (χ1n) is 3.93. The van der Waals surface area contributed by atoms with E-state index in [1.165, 1.54) is 0 Å². The molecule has 0 aromatic rings. The molecule has 1 aliphatic rings. The average Bonchev–Trinajstić information content (AvgIpc) is 2.51. The van der Waals surface area contributed by atoms with Gasteiger partial charge in [0.2, 0.25) is 0 Å². The number of aliphatic hydroxyl groups is 1. The van der Waals surface area contributed by atoms with Crippen molar-refractivity contribution in [2.24, 2.45) is 10.9 Å². The third-order valence-electron chi connectivity index (χ3n) is 1.44. The van der Waals surface area contributed by atoms with Crippen molar-refractivity contribution in [3.63, 3.8) is 0 Å². The molecule has 0 bridgehead atoms. The molecule has 0 aromatic heterocycles. The Hall–Kier alpha value is -0.700. The molecular formula is C6H14N2O5S. The summed E-state index contributed by atoms with van der Waals surface area (Å²) in [6, 6.07) is 0. The maximum Gasteiger partial charge on any atom is 0.394 e. The zero-order valence-electron chi connectivity index (χ0n) is 7.71. The van der Waals surface area contributed by atoms with Crippen LogP contribution >= 0.6 is 0 Å². The van der Waals surface area contributed by atoms with Crippen LogP contribution in [0.3, 0.4) is 0 Å². The molecule has 14 heavy (non-hydrogen) atoms. The molecule has 0 fully saturated rings. The van der Waals surface area contributed by atoms with Gasteiger partial charge in [0.1, 0.15) is 5.84 Å². The van der Waals surface area contributed by atoms with Gasteiger partial charge in [-0.2, -0.15) is 8.42 Å². The van der Waals surface area contributed by atoms with Crippen molar-refractivity contribution in [1.82, 2.24) is 5.32 Å². The molecule has 1 unspecified atom stereocenters. The zero-order chi connectivity index (χ0) is 11.2. The Balaban J connectivity index is 0.000000292. The summed E-state index contributed by atoms with van der Waals surface area (Å²) in [4.78, 5) is 4.15. The molecule has 0 spiro atoms. The highest BCUT2D eigenvalue weighted by molar-refractivity contribution is 7.79. The van der Waals surface area contributed by atoms with Crippen molar-refractivity contribution in [2.75, 3.05) is 19.7 Å². The number of nitrogens with one attached hydrogen (secondary N) is 1. The van der Waals surface area contributed by atoms with Crippen LogP contribution in [-0.2, 0) is 10.4 Å². The minimum absolute atomic E-state index is 0.186. The second kappa shape index (κ2) is 5.91. The molecule has 8 heteroatoms. The highest BCUT2D eigenvalue weighted by Gasteiger charge is 2.11. The molecule has 1 rings (SSSR count). The van der Waals surface area contributed by atoms with E-state index < -0.39 is 10.4 Å². The maximum absolute atomic E-state index is 8.74. The highest BCUT2D eigenvalue weighted by Crippen LogP contribution is 1.98. The summed E-state index contributed by atoms with van der Waals surface area (Å²) < 4.78 is 31.6. The van der Waals surface area contributed by atoms with Crippen LogP contribution in [0.15, 0.2) is 4.99 Å². The van der Waals surface area contributed by atoms with E-state index in [0.717, 1.165) is 18.9 Å². The minimum atomic E-state index is -4.67. The van der Waals surface area contributed by atoms with E-state index in [1.54, 1.807) is 0 Å². The fourth-order valence-corrected chi connectivity index (χ4v) is 0.833. The topological polar surface area (TPSA) is 119 Å². The van der Waals surface area contributed by atoms with Crippen molar-refractivity contribution in [3.8, 4) is 0 Å². The van der Waals surface area contributed by atoms with Crippen LogP contribution in [0.25, 0.3) is 0 Å². The monoisotopic (exact) mass is 226 g/mol. The minimum Gasteiger partial charge on any atom is -0.396 e. The molecule has 4 N–H and O–H groups in total.